The molecule has 172 valence electrons. The van der Waals surface area contributed by atoms with Crippen molar-refractivity contribution in [2.75, 3.05) is 19.6 Å². The van der Waals surface area contributed by atoms with E-state index in [1.54, 1.807) is 12.1 Å². The van der Waals surface area contributed by atoms with Crippen molar-refractivity contribution in [2.45, 2.75) is 32.2 Å². The zero-order chi connectivity index (χ0) is 23.2. The molecule has 6 heteroatoms. The van der Waals surface area contributed by atoms with Crippen LogP contribution in [0.5, 0.6) is 5.75 Å². The van der Waals surface area contributed by atoms with Crippen LogP contribution in [0.15, 0.2) is 54.6 Å². The number of imide groups is 1. The van der Waals surface area contributed by atoms with E-state index in [0.717, 1.165) is 65.5 Å². The third-order valence-electron chi connectivity index (χ3n) is 7.21. The number of amides is 2. The highest BCUT2D eigenvalue weighted by Crippen LogP contribution is 2.41. The maximum Gasteiger partial charge on any atom is 0.259 e. The summed E-state index contributed by atoms with van der Waals surface area (Å²) in [6, 6.07) is 17.1. The molecule has 2 N–H and O–H groups in total. The van der Waals surface area contributed by atoms with Crippen LogP contribution in [0.25, 0.3) is 32.9 Å². The Bertz CT molecular complexity index is 1430. The molecule has 0 atom stereocenters. The van der Waals surface area contributed by atoms with Gasteiger partial charge in [-0.1, -0.05) is 36.8 Å². The van der Waals surface area contributed by atoms with E-state index in [0.29, 0.717) is 11.1 Å². The predicted octanol–water partition coefficient (Wildman–Crippen LogP) is 4.93. The number of carbonyl (C=O) groups excluding carboxylic acids is 2. The van der Waals surface area contributed by atoms with Gasteiger partial charge in [0.05, 0.1) is 16.6 Å². The minimum absolute atomic E-state index is 0.144. The Morgan fingerprint density at radius 1 is 0.824 bits per heavy atom. The Labute approximate surface area is 197 Å². The molecule has 34 heavy (non-hydrogen) atoms. The molecule has 4 aromatic rings. The Balaban J connectivity index is 1.55. The van der Waals surface area contributed by atoms with Crippen molar-refractivity contribution in [1.29, 1.82) is 0 Å². The molecule has 1 aromatic heterocycles. The van der Waals surface area contributed by atoms with Crippen LogP contribution in [0.2, 0.25) is 0 Å². The van der Waals surface area contributed by atoms with Gasteiger partial charge in [-0.25, -0.2) is 0 Å². The molecule has 0 bridgehead atoms. The van der Waals surface area contributed by atoms with Gasteiger partial charge in [0.1, 0.15) is 5.75 Å². The number of aryl methyl sites for hydroxylation is 1. The first-order chi connectivity index (χ1) is 16.6. The summed E-state index contributed by atoms with van der Waals surface area (Å²) < 4.78 is 2.25. The number of carbonyl (C=O) groups is 2. The molecule has 1 fully saturated rings. The molecule has 0 saturated carbocycles. The SMILES string of the molecule is O=C1NC(=O)c2c1c(-c1ccccc1)cc1c2c2cc(O)ccc2n1CCCN1CCCCC1. The van der Waals surface area contributed by atoms with Gasteiger partial charge in [-0.2, -0.15) is 0 Å². The van der Waals surface area contributed by atoms with Gasteiger partial charge in [-0.15, -0.1) is 0 Å². The third-order valence-corrected chi connectivity index (χ3v) is 7.21. The molecule has 3 aromatic carbocycles. The fourth-order valence-corrected chi connectivity index (χ4v) is 5.66. The monoisotopic (exact) mass is 453 g/mol. The van der Waals surface area contributed by atoms with Crippen LogP contribution in [-0.2, 0) is 6.54 Å². The molecular formula is C28H27N3O3. The summed E-state index contributed by atoms with van der Waals surface area (Å²) in [4.78, 5) is 28.4. The summed E-state index contributed by atoms with van der Waals surface area (Å²) in [6.07, 6.45) is 4.85. The highest BCUT2D eigenvalue weighted by Gasteiger charge is 2.34. The molecule has 0 radical (unpaired) electrons. The largest absolute Gasteiger partial charge is 0.508 e. The molecule has 6 nitrogen and oxygen atoms in total. The summed E-state index contributed by atoms with van der Waals surface area (Å²) in [5, 5.41) is 14.3. The number of hydrogen-bond acceptors (Lipinski definition) is 4. The van der Waals surface area contributed by atoms with Gasteiger partial charge >= 0.3 is 0 Å². The Morgan fingerprint density at radius 3 is 2.38 bits per heavy atom. The molecule has 6 rings (SSSR count). The van der Waals surface area contributed by atoms with Gasteiger partial charge in [-0.05, 0) is 74.3 Å². The van der Waals surface area contributed by atoms with Crippen LogP contribution in [0.4, 0.5) is 0 Å². The highest BCUT2D eigenvalue weighted by molar-refractivity contribution is 6.32. The van der Waals surface area contributed by atoms with E-state index in [1.807, 2.05) is 42.5 Å². The standard InChI is InChI=1S/C28H27N3O3/c32-19-10-11-22-21(16-19)24-23(31(22)15-7-14-30-12-5-2-6-13-30)17-20(18-8-3-1-4-9-18)25-26(24)28(34)29-27(25)33/h1,3-4,8-11,16-17,32H,2,5-7,12-15H2,(H,29,33,34). The number of nitrogens with zero attached hydrogens (tertiary/aromatic N) is 2. The minimum Gasteiger partial charge on any atom is -0.508 e. The number of rotatable bonds is 5. The number of nitrogens with one attached hydrogen (secondary N) is 1. The normalized spacial score (nSPS) is 16.4. The van der Waals surface area contributed by atoms with Gasteiger partial charge in [-0.3, -0.25) is 14.9 Å². The smallest absolute Gasteiger partial charge is 0.259 e. The summed E-state index contributed by atoms with van der Waals surface area (Å²) >= 11 is 0. The average molecular weight is 454 g/mol. The van der Waals surface area contributed by atoms with E-state index in [9.17, 15) is 14.7 Å². The molecular weight excluding hydrogens is 426 g/mol. The lowest BCUT2D eigenvalue weighted by atomic mass is 9.93. The Morgan fingerprint density at radius 2 is 1.59 bits per heavy atom. The first kappa shape index (κ1) is 20.9. The molecule has 1 saturated heterocycles. The van der Waals surface area contributed by atoms with Crippen LogP contribution in [0, 0.1) is 0 Å². The fourth-order valence-electron chi connectivity index (χ4n) is 5.66. The van der Waals surface area contributed by atoms with Gasteiger partial charge in [0.15, 0.2) is 0 Å². The van der Waals surface area contributed by atoms with Gasteiger partial charge < -0.3 is 14.6 Å². The molecule has 0 unspecified atom stereocenters. The quantitative estimate of drug-likeness (QED) is 0.421. The van der Waals surface area contributed by atoms with Crippen molar-refractivity contribution in [1.82, 2.24) is 14.8 Å². The number of hydrogen-bond donors (Lipinski definition) is 2. The summed E-state index contributed by atoms with van der Waals surface area (Å²) in [5.74, 6) is -0.601. The van der Waals surface area contributed by atoms with Crippen molar-refractivity contribution in [3.05, 3.63) is 65.7 Å². The lowest BCUT2D eigenvalue weighted by molar-refractivity contribution is 0.0880. The van der Waals surface area contributed by atoms with Crippen LogP contribution in [-0.4, -0.2) is 46.0 Å². The van der Waals surface area contributed by atoms with E-state index in [4.69, 9.17) is 0 Å². The Kier molecular flexibility index (Phi) is 5.11. The lowest BCUT2D eigenvalue weighted by Gasteiger charge is -2.26. The van der Waals surface area contributed by atoms with Crippen LogP contribution < -0.4 is 5.32 Å². The van der Waals surface area contributed by atoms with E-state index in [1.165, 1.54) is 19.3 Å². The second kappa shape index (κ2) is 8.29. The van der Waals surface area contributed by atoms with E-state index in [-0.39, 0.29) is 17.6 Å². The van der Waals surface area contributed by atoms with E-state index in [2.05, 4.69) is 14.8 Å². The number of likely N-dealkylation sites (tertiary alicyclic amines) is 1. The molecule has 2 aliphatic rings. The topological polar surface area (TPSA) is 74.6 Å². The van der Waals surface area contributed by atoms with Crippen molar-refractivity contribution in [3.63, 3.8) is 0 Å². The van der Waals surface area contributed by atoms with Gasteiger partial charge in [0, 0.05) is 22.8 Å². The van der Waals surface area contributed by atoms with Crippen molar-refractivity contribution < 1.29 is 14.7 Å². The summed E-state index contributed by atoms with van der Waals surface area (Å²) in [5.41, 5.74) is 4.37. The van der Waals surface area contributed by atoms with Crippen molar-refractivity contribution in [3.8, 4) is 16.9 Å². The molecule has 3 heterocycles. The second-order valence-corrected chi connectivity index (χ2v) is 9.33. The first-order valence-corrected chi connectivity index (χ1v) is 12.1. The van der Waals surface area contributed by atoms with Crippen LogP contribution in [0.1, 0.15) is 46.4 Å². The first-order valence-electron chi connectivity index (χ1n) is 12.1. The minimum atomic E-state index is -0.376. The molecule has 2 aliphatic heterocycles. The maximum absolute atomic E-state index is 13.0. The van der Waals surface area contributed by atoms with E-state index >= 15 is 0 Å². The predicted molar refractivity (Wildman–Crippen MR) is 133 cm³/mol. The number of benzene rings is 3. The third kappa shape index (κ3) is 3.37. The molecule has 0 aliphatic carbocycles. The highest BCUT2D eigenvalue weighted by atomic mass is 16.3. The fraction of sp³-hybridized carbons (Fsp3) is 0.286. The maximum atomic E-state index is 13.0. The number of phenols is 1. The number of fused-ring (bicyclic) bond motifs is 5. The lowest BCUT2D eigenvalue weighted by Crippen LogP contribution is -2.31. The van der Waals surface area contributed by atoms with Crippen molar-refractivity contribution >= 4 is 33.6 Å². The number of phenolic OH excluding ortho intramolecular Hbond substituents is 1. The Hall–Kier alpha value is -3.64. The number of piperidine rings is 1. The zero-order valence-corrected chi connectivity index (χ0v) is 19.0. The average Bonchev–Trinajstić information content (AvgIpc) is 3.33. The van der Waals surface area contributed by atoms with Gasteiger partial charge in [0.25, 0.3) is 11.8 Å². The van der Waals surface area contributed by atoms with Crippen LogP contribution >= 0.6 is 0 Å². The molecule has 2 amide bonds. The summed E-state index contributed by atoms with van der Waals surface area (Å²) in [7, 11) is 0. The molecule has 0 spiro atoms. The van der Waals surface area contributed by atoms with E-state index < -0.39 is 0 Å². The van der Waals surface area contributed by atoms with Crippen LogP contribution in [0.3, 0.4) is 0 Å². The zero-order valence-electron chi connectivity index (χ0n) is 19.0. The van der Waals surface area contributed by atoms with Crippen molar-refractivity contribution in [2.24, 2.45) is 0 Å². The number of aromatic hydroxyl groups is 1. The number of aromatic nitrogens is 1. The second-order valence-electron chi connectivity index (χ2n) is 9.33. The summed E-state index contributed by atoms with van der Waals surface area (Å²) in [6.45, 7) is 4.16. The van der Waals surface area contributed by atoms with Gasteiger partial charge in [0.2, 0.25) is 0 Å².